The summed E-state index contributed by atoms with van der Waals surface area (Å²) in [5.74, 6) is -0.701. The number of fused-ring (bicyclic) bond motifs is 1. The van der Waals surface area contributed by atoms with Gasteiger partial charge in [-0.15, -0.1) is 0 Å². The first kappa shape index (κ1) is 23.2. The summed E-state index contributed by atoms with van der Waals surface area (Å²) < 4.78 is 42.7. The maximum absolute atomic E-state index is 12.5. The monoisotopic (exact) mass is 462 g/mol. The zero-order valence-corrected chi connectivity index (χ0v) is 18.4. The summed E-state index contributed by atoms with van der Waals surface area (Å²) in [5, 5.41) is 2.59. The van der Waals surface area contributed by atoms with E-state index < -0.39 is 34.0 Å². The highest BCUT2D eigenvalue weighted by Crippen LogP contribution is 2.34. The van der Waals surface area contributed by atoms with Crippen LogP contribution in [0, 0.1) is 0 Å². The molecule has 0 radical (unpaired) electrons. The number of Topliss-reactive ketones (excluding diaryl/α,β-unsaturated/α-hetero) is 1. The molecule has 11 heteroatoms. The molecule has 10 nitrogen and oxygen atoms in total. The summed E-state index contributed by atoms with van der Waals surface area (Å²) in [6.07, 6.45) is -1.19. The lowest BCUT2D eigenvalue weighted by Gasteiger charge is -2.18. The van der Waals surface area contributed by atoms with E-state index in [2.05, 4.69) is 10.0 Å². The van der Waals surface area contributed by atoms with Gasteiger partial charge in [0.1, 0.15) is 6.04 Å². The Morgan fingerprint density at radius 2 is 1.66 bits per heavy atom. The number of sulfonamides is 1. The van der Waals surface area contributed by atoms with Gasteiger partial charge in [-0.05, 0) is 45.0 Å². The molecule has 0 saturated heterocycles. The largest absolute Gasteiger partial charge is 0.454 e. The van der Waals surface area contributed by atoms with Gasteiger partial charge in [0.05, 0.1) is 4.90 Å². The SMILES string of the molecule is CC(=O)c1ccc(S(=O)(=O)N[C@@H](C)C(=O)OC(C)C(=O)Nc2ccc3c(c2)OCO3)cc1. The molecule has 2 N–H and O–H groups in total. The topological polar surface area (TPSA) is 137 Å². The molecule has 1 amide bonds. The number of benzene rings is 2. The highest BCUT2D eigenvalue weighted by atomic mass is 32.2. The van der Waals surface area contributed by atoms with Crippen LogP contribution in [0.1, 0.15) is 31.1 Å². The van der Waals surface area contributed by atoms with Gasteiger partial charge in [0.2, 0.25) is 16.8 Å². The van der Waals surface area contributed by atoms with Crippen LogP contribution >= 0.6 is 0 Å². The number of nitrogens with one attached hydrogen (secondary N) is 2. The second kappa shape index (κ2) is 9.37. The minimum Gasteiger partial charge on any atom is -0.454 e. The van der Waals surface area contributed by atoms with Crippen LogP contribution in [-0.2, 0) is 24.3 Å². The maximum atomic E-state index is 12.5. The number of ketones is 1. The van der Waals surface area contributed by atoms with Crippen molar-refractivity contribution in [2.75, 3.05) is 12.1 Å². The van der Waals surface area contributed by atoms with Crippen molar-refractivity contribution in [2.45, 2.75) is 37.8 Å². The number of hydrogen-bond acceptors (Lipinski definition) is 8. The fourth-order valence-corrected chi connectivity index (χ4v) is 3.96. The van der Waals surface area contributed by atoms with E-state index in [9.17, 15) is 22.8 Å². The maximum Gasteiger partial charge on any atom is 0.324 e. The lowest BCUT2D eigenvalue weighted by Crippen LogP contribution is -2.42. The normalized spacial score (nSPS) is 14.3. The summed E-state index contributed by atoms with van der Waals surface area (Å²) >= 11 is 0. The number of esters is 1. The van der Waals surface area contributed by atoms with Crippen molar-refractivity contribution in [2.24, 2.45) is 0 Å². The van der Waals surface area contributed by atoms with Gasteiger partial charge in [0, 0.05) is 17.3 Å². The van der Waals surface area contributed by atoms with Crippen LogP contribution in [0.3, 0.4) is 0 Å². The number of amides is 1. The van der Waals surface area contributed by atoms with E-state index in [-0.39, 0.29) is 17.5 Å². The first-order chi connectivity index (χ1) is 15.1. The van der Waals surface area contributed by atoms with Gasteiger partial charge in [-0.1, -0.05) is 12.1 Å². The van der Waals surface area contributed by atoms with Crippen molar-refractivity contribution in [1.29, 1.82) is 0 Å². The van der Waals surface area contributed by atoms with E-state index in [4.69, 9.17) is 14.2 Å². The number of carbonyl (C=O) groups excluding carboxylic acids is 3. The molecule has 1 aliphatic rings. The molecule has 2 aromatic carbocycles. The third kappa shape index (κ3) is 5.42. The Morgan fingerprint density at radius 3 is 2.31 bits per heavy atom. The van der Waals surface area contributed by atoms with E-state index in [1.807, 2.05) is 0 Å². The fourth-order valence-electron chi connectivity index (χ4n) is 2.77. The van der Waals surface area contributed by atoms with Crippen molar-refractivity contribution in [3.63, 3.8) is 0 Å². The van der Waals surface area contributed by atoms with Crippen LogP contribution in [0.25, 0.3) is 0 Å². The third-order valence-corrected chi connectivity index (χ3v) is 6.12. The fraction of sp³-hybridized carbons (Fsp3) is 0.286. The second-order valence-corrected chi connectivity index (χ2v) is 8.77. The minimum atomic E-state index is -4.05. The zero-order chi connectivity index (χ0) is 23.5. The Hall–Kier alpha value is -3.44. The van der Waals surface area contributed by atoms with Gasteiger partial charge in [-0.2, -0.15) is 4.72 Å². The molecule has 0 aliphatic carbocycles. The first-order valence-electron chi connectivity index (χ1n) is 9.61. The van der Waals surface area contributed by atoms with Gasteiger partial charge in [-0.3, -0.25) is 14.4 Å². The second-order valence-electron chi connectivity index (χ2n) is 7.06. The Bertz CT molecular complexity index is 1140. The van der Waals surface area contributed by atoms with E-state index in [1.165, 1.54) is 45.0 Å². The molecule has 0 spiro atoms. The van der Waals surface area contributed by atoms with Gasteiger partial charge >= 0.3 is 5.97 Å². The molecule has 2 aromatic rings. The molecule has 2 atom stereocenters. The molecule has 32 heavy (non-hydrogen) atoms. The Balaban J connectivity index is 1.56. The molecule has 1 heterocycles. The van der Waals surface area contributed by atoms with Crippen molar-refractivity contribution in [1.82, 2.24) is 4.72 Å². The number of hydrogen-bond donors (Lipinski definition) is 2. The highest BCUT2D eigenvalue weighted by Gasteiger charge is 2.27. The molecule has 0 aromatic heterocycles. The Kier molecular flexibility index (Phi) is 6.80. The molecule has 0 saturated carbocycles. The standard InChI is InChI=1S/C21H22N2O8S/c1-12(23-32(27,28)17-7-4-15(5-8-17)13(2)24)21(26)31-14(3)20(25)22-16-6-9-18-19(10-16)30-11-29-18/h4-10,12,14,23H,11H2,1-3H3,(H,22,25)/t12-,14?/m0/s1. The van der Waals surface area contributed by atoms with Gasteiger partial charge in [0.15, 0.2) is 23.4 Å². The number of anilines is 1. The molecule has 0 fully saturated rings. The zero-order valence-electron chi connectivity index (χ0n) is 17.6. The molecule has 0 bridgehead atoms. The van der Waals surface area contributed by atoms with Gasteiger partial charge < -0.3 is 19.5 Å². The van der Waals surface area contributed by atoms with Crippen molar-refractivity contribution >= 4 is 33.4 Å². The van der Waals surface area contributed by atoms with Crippen LogP contribution in [0.2, 0.25) is 0 Å². The van der Waals surface area contributed by atoms with Gasteiger partial charge in [-0.25, -0.2) is 8.42 Å². The molecular formula is C21H22N2O8S. The van der Waals surface area contributed by atoms with Crippen LogP contribution in [-0.4, -0.2) is 45.0 Å². The van der Waals surface area contributed by atoms with Crippen molar-refractivity contribution in [3.05, 3.63) is 48.0 Å². The molecular weight excluding hydrogens is 440 g/mol. The van der Waals surface area contributed by atoms with E-state index in [0.29, 0.717) is 22.7 Å². The summed E-state index contributed by atoms with van der Waals surface area (Å²) in [7, 11) is -4.05. The number of rotatable bonds is 8. The molecule has 170 valence electrons. The summed E-state index contributed by atoms with van der Waals surface area (Å²) in [4.78, 5) is 35.9. The Morgan fingerprint density at radius 1 is 1.00 bits per heavy atom. The quantitative estimate of drug-likeness (QED) is 0.448. The van der Waals surface area contributed by atoms with Crippen LogP contribution in [0.5, 0.6) is 11.5 Å². The number of carbonyl (C=O) groups is 3. The lowest BCUT2D eigenvalue weighted by molar-refractivity contribution is -0.154. The third-order valence-electron chi connectivity index (χ3n) is 4.56. The predicted octanol–water partition coefficient (Wildman–Crippen LogP) is 1.86. The average Bonchev–Trinajstić information content (AvgIpc) is 3.21. The molecule has 1 aliphatic heterocycles. The Labute approximate surface area is 184 Å². The van der Waals surface area contributed by atoms with Crippen molar-refractivity contribution in [3.8, 4) is 11.5 Å². The lowest BCUT2D eigenvalue weighted by atomic mass is 10.2. The first-order valence-corrected chi connectivity index (χ1v) is 11.1. The van der Waals surface area contributed by atoms with Crippen LogP contribution in [0.15, 0.2) is 47.4 Å². The summed E-state index contributed by atoms with van der Waals surface area (Å²) in [5.41, 5.74) is 0.781. The van der Waals surface area contributed by atoms with Crippen LogP contribution in [0.4, 0.5) is 5.69 Å². The van der Waals surface area contributed by atoms with Crippen molar-refractivity contribution < 1.29 is 37.0 Å². The van der Waals surface area contributed by atoms with E-state index in [0.717, 1.165) is 0 Å². The molecule has 1 unspecified atom stereocenters. The van der Waals surface area contributed by atoms with E-state index >= 15 is 0 Å². The van der Waals surface area contributed by atoms with Crippen LogP contribution < -0.4 is 19.5 Å². The number of ether oxygens (including phenoxy) is 3. The predicted molar refractivity (Wildman–Crippen MR) is 113 cm³/mol. The van der Waals surface area contributed by atoms with Gasteiger partial charge in [0.25, 0.3) is 5.91 Å². The average molecular weight is 462 g/mol. The highest BCUT2D eigenvalue weighted by molar-refractivity contribution is 7.89. The smallest absolute Gasteiger partial charge is 0.324 e. The summed E-state index contributed by atoms with van der Waals surface area (Å²) in [6.45, 7) is 4.12. The summed E-state index contributed by atoms with van der Waals surface area (Å²) in [6, 6.07) is 8.83. The minimum absolute atomic E-state index is 0.0927. The van der Waals surface area contributed by atoms with E-state index in [1.54, 1.807) is 18.2 Å². The molecule has 3 rings (SSSR count).